The van der Waals surface area contributed by atoms with Crippen LogP contribution in [-0.4, -0.2) is 130 Å². The highest BCUT2D eigenvalue weighted by atomic mass is 16.6. The lowest BCUT2D eigenvalue weighted by Gasteiger charge is -2.47. The van der Waals surface area contributed by atoms with Crippen molar-refractivity contribution in [3.05, 3.63) is 0 Å². The third-order valence-corrected chi connectivity index (χ3v) is 14.1. The first-order chi connectivity index (χ1) is 35.9. The number of piperidine rings is 1. The molecule has 16 heteroatoms. The van der Waals surface area contributed by atoms with Crippen molar-refractivity contribution in [1.82, 2.24) is 9.80 Å². The van der Waals surface area contributed by atoms with Crippen molar-refractivity contribution in [3.8, 4) is 0 Å². The standard InChI is InChI=1S/C58H102N2O14/c1-6-10-14-18-22-26-30-52(61)68-41-47(42-69-53(62)31-27-23-19-15-11-7-2)38-56(65)72-45-49-40-50(60(49)58(67)74-51-34-36-59(5)37-35-51)46-73-57(66)39-48(43-70-54(63)32-28-24-20-16-12-8-3)44-71-55(64)33-29-25-21-17-13-9-4/h47-51H,6-46H2,1-5H3/t49-,50+. The first-order valence-corrected chi connectivity index (χ1v) is 29.5. The molecule has 2 atom stereocenters. The molecule has 0 spiro atoms. The topological polar surface area (TPSA) is 191 Å². The number of nitrogens with zero attached hydrogens (tertiary/aromatic N) is 2. The second-order valence-corrected chi connectivity index (χ2v) is 21.1. The molecule has 2 aliphatic heterocycles. The Hall–Kier alpha value is -3.95. The zero-order chi connectivity index (χ0) is 54.0. The van der Waals surface area contributed by atoms with Gasteiger partial charge in [-0.05, 0) is 52.0 Å². The number of hydrogen-bond acceptors (Lipinski definition) is 15. The quantitative estimate of drug-likeness (QED) is 0.0318. The van der Waals surface area contributed by atoms with E-state index in [0.717, 1.165) is 116 Å². The van der Waals surface area contributed by atoms with Crippen LogP contribution in [-0.2, 0) is 61.9 Å². The minimum atomic E-state index is -0.625. The number of rotatable bonds is 45. The molecule has 428 valence electrons. The fraction of sp³-hybridized carbons (Fsp3) is 0.879. The lowest BCUT2D eigenvalue weighted by atomic mass is 9.94. The maximum Gasteiger partial charge on any atom is 0.410 e. The number of unbranched alkanes of at least 4 members (excludes halogenated alkanes) is 20. The summed E-state index contributed by atoms with van der Waals surface area (Å²) in [6.07, 6.45) is 26.1. The Morgan fingerprint density at radius 3 is 1.01 bits per heavy atom. The van der Waals surface area contributed by atoms with Gasteiger partial charge < -0.3 is 38.1 Å². The monoisotopic (exact) mass is 1050 g/mol. The lowest BCUT2D eigenvalue weighted by Crippen LogP contribution is -2.62. The molecule has 74 heavy (non-hydrogen) atoms. The van der Waals surface area contributed by atoms with Crippen LogP contribution in [0.5, 0.6) is 0 Å². The Morgan fingerprint density at radius 2 is 0.703 bits per heavy atom. The van der Waals surface area contributed by atoms with Gasteiger partial charge in [-0.2, -0.15) is 0 Å². The largest absolute Gasteiger partial charge is 0.465 e. The molecule has 0 saturated carbocycles. The van der Waals surface area contributed by atoms with E-state index in [1.54, 1.807) is 0 Å². The summed E-state index contributed by atoms with van der Waals surface area (Å²) in [5.41, 5.74) is 0. The fourth-order valence-electron chi connectivity index (χ4n) is 9.23. The van der Waals surface area contributed by atoms with Gasteiger partial charge in [0.15, 0.2) is 0 Å². The van der Waals surface area contributed by atoms with Gasteiger partial charge in [0, 0.05) is 50.6 Å². The Bertz CT molecular complexity index is 1380. The number of likely N-dealkylation sites (tertiary alicyclic amines) is 2. The van der Waals surface area contributed by atoms with E-state index in [9.17, 15) is 33.6 Å². The highest BCUT2D eigenvalue weighted by Crippen LogP contribution is 2.30. The summed E-state index contributed by atoms with van der Waals surface area (Å²) in [5, 5.41) is 0. The molecule has 2 saturated heterocycles. The molecule has 0 N–H and O–H groups in total. The maximum absolute atomic E-state index is 13.8. The fourth-order valence-corrected chi connectivity index (χ4v) is 9.23. The van der Waals surface area contributed by atoms with Gasteiger partial charge >= 0.3 is 41.9 Å². The normalized spacial score (nSPS) is 15.9. The van der Waals surface area contributed by atoms with Gasteiger partial charge in [0.05, 0.1) is 51.4 Å². The molecule has 0 radical (unpaired) electrons. The van der Waals surface area contributed by atoms with Crippen molar-refractivity contribution in [2.45, 2.75) is 258 Å². The minimum absolute atomic E-state index is 0.107. The summed E-state index contributed by atoms with van der Waals surface area (Å²) in [6.45, 7) is 9.44. The summed E-state index contributed by atoms with van der Waals surface area (Å²) in [7, 11) is 2.01. The first-order valence-electron chi connectivity index (χ1n) is 29.5. The molecule has 0 unspecified atom stereocenters. The average molecular weight is 1050 g/mol. The van der Waals surface area contributed by atoms with Crippen molar-refractivity contribution in [1.29, 1.82) is 0 Å². The lowest BCUT2D eigenvalue weighted by molar-refractivity contribution is -0.159. The molecule has 0 aromatic carbocycles. The van der Waals surface area contributed by atoms with Gasteiger partial charge in [-0.3, -0.25) is 33.7 Å². The predicted octanol–water partition coefficient (Wildman–Crippen LogP) is 11.9. The van der Waals surface area contributed by atoms with Gasteiger partial charge in [-0.1, -0.05) is 156 Å². The van der Waals surface area contributed by atoms with Crippen LogP contribution >= 0.6 is 0 Å². The van der Waals surface area contributed by atoms with E-state index in [-0.39, 0.29) is 108 Å². The van der Waals surface area contributed by atoms with Crippen molar-refractivity contribution >= 4 is 41.9 Å². The van der Waals surface area contributed by atoms with Crippen LogP contribution in [0.15, 0.2) is 0 Å². The first kappa shape index (κ1) is 66.2. The van der Waals surface area contributed by atoms with Crippen molar-refractivity contribution < 1.29 is 66.7 Å². The molecule has 0 aliphatic carbocycles. The van der Waals surface area contributed by atoms with Crippen LogP contribution in [0.4, 0.5) is 4.79 Å². The highest BCUT2D eigenvalue weighted by molar-refractivity contribution is 5.73. The molecule has 0 aromatic rings. The molecule has 2 rings (SSSR count). The Morgan fingerprint density at radius 1 is 0.405 bits per heavy atom. The Kier molecular flexibility index (Phi) is 38.6. The highest BCUT2D eigenvalue weighted by Gasteiger charge is 2.45. The molecular weight excluding hydrogens is 949 g/mol. The van der Waals surface area contributed by atoms with Crippen LogP contribution < -0.4 is 0 Å². The van der Waals surface area contributed by atoms with E-state index < -0.39 is 42.0 Å². The maximum atomic E-state index is 13.8. The Labute approximate surface area is 446 Å². The number of carbonyl (C=O) groups is 7. The third-order valence-electron chi connectivity index (χ3n) is 14.1. The molecule has 2 heterocycles. The summed E-state index contributed by atoms with van der Waals surface area (Å²) in [4.78, 5) is 95.0. The predicted molar refractivity (Wildman–Crippen MR) is 285 cm³/mol. The molecule has 16 nitrogen and oxygen atoms in total. The molecule has 1 amide bonds. The van der Waals surface area contributed by atoms with E-state index in [2.05, 4.69) is 32.6 Å². The zero-order valence-corrected chi connectivity index (χ0v) is 47.0. The van der Waals surface area contributed by atoms with E-state index >= 15 is 0 Å². The van der Waals surface area contributed by atoms with Crippen LogP contribution in [0, 0.1) is 11.8 Å². The molecule has 2 fully saturated rings. The van der Waals surface area contributed by atoms with Crippen LogP contribution in [0.2, 0.25) is 0 Å². The van der Waals surface area contributed by atoms with Gasteiger partial charge in [0.2, 0.25) is 0 Å². The van der Waals surface area contributed by atoms with E-state index in [1.165, 1.54) is 30.6 Å². The number of ether oxygens (including phenoxy) is 7. The zero-order valence-electron chi connectivity index (χ0n) is 47.0. The minimum Gasteiger partial charge on any atom is -0.465 e. The number of hydrogen-bond donors (Lipinski definition) is 0. The van der Waals surface area contributed by atoms with Crippen LogP contribution in [0.3, 0.4) is 0 Å². The van der Waals surface area contributed by atoms with Gasteiger partial charge in [-0.15, -0.1) is 0 Å². The molecule has 2 aliphatic rings. The summed E-state index contributed by atoms with van der Waals surface area (Å²) in [6, 6.07) is -1.12. The van der Waals surface area contributed by atoms with Crippen molar-refractivity contribution in [3.63, 3.8) is 0 Å². The third kappa shape index (κ3) is 33.2. The summed E-state index contributed by atoms with van der Waals surface area (Å²) in [5.74, 6) is -3.90. The van der Waals surface area contributed by atoms with Gasteiger partial charge in [0.1, 0.15) is 19.3 Å². The number of esters is 6. The van der Waals surface area contributed by atoms with Crippen LogP contribution in [0.1, 0.15) is 240 Å². The van der Waals surface area contributed by atoms with Crippen LogP contribution in [0.25, 0.3) is 0 Å². The van der Waals surface area contributed by atoms with E-state index in [1.807, 2.05) is 7.05 Å². The Balaban J connectivity index is 2.06. The SMILES string of the molecule is CCCCCCCCC(=O)OCC(COC(=O)CCCCCCCC)CC(=O)OC[C@@H]1C[C@H](COC(=O)CC(COC(=O)CCCCCCCC)COC(=O)CCCCCCCC)N1C(=O)OC1CCN(C)CC1. The van der Waals surface area contributed by atoms with E-state index in [0.29, 0.717) is 44.9 Å². The van der Waals surface area contributed by atoms with E-state index in [4.69, 9.17) is 33.2 Å². The second-order valence-electron chi connectivity index (χ2n) is 21.1. The van der Waals surface area contributed by atoms with Crippen molar-refractivity contribution in [2.75, 3.05) is 59.8 Å². The van der Waals surface area contributed by atoms with Crippen molar-refractivity contribution in [2.24, 2.45) is 11.8 Å². The number of amides is 1. The second kappa shape index (κ2) is 43.2. The summed E-state index contributed by atoms with van der Waals surface area (Å²) < 4.78 is 39.8. The average Bonchev–Trinajstić information content (AvgIpc) is 3.37. The molecular formula is C58H102N2O14. The number of carbonyl (C=O) groups excluding carboxylic acids is 7. The molecule has 0 bridgehead atoms. The summed E-state index contributed by atoms with van der Waals surface area (Å²) >= 11 is 0. The molecule has 0 aromatic heterocycles. The smallest absolute Gasteiger partial charge is 0.410 e. The van der Waals surface area contributed by atoms with Gasteiger partial charge in [-0.25, -0.2) is 4.79 Å². The van der Waals surface area contributed by atoms with Gasteiger partial charge in [0.25, 0.3) is 0 Å².